The highest BCUT2D eigenvalue weighted by Gasteiger charge is 2.34. The molecule has 0 aliphatic heterocycles. The third kappa shape index (κ3) is 5.16. The van der Waals surface area contributed by atoms with Crippen molar-refractivity contribution in [1.82, 2.24) is 5.32 Å². The highest BCUT2D eigenvalue weighted by atomic mass is 19.4. The lowest BCUT2D eigenvalue weighted by Crippen LogP contribution is -2.30. The van der Waals surface area contributed by atoms with Crippen LogP contribution in [0.5, 0.6) is 0 Å². The van der Waals surface area contributed by atoms with Gasteiger partial charge in [0.25, 0.3) is 0 Å². The van der Waals surface area contributed by atoms with Gasteiger partial charge in [-0.15, -0.1) is 0 Å². The molecule has 0 heterocycles. The standard InChI is InChI=1S/C13H17F4NO/c1-3-19-8-9(2)18-7-10-4-5-12(14)11(6-10)13(15,16)17/h4-6,9,18H,3,7-8H2,1-2H3. The van der Waals surface area contributed by atoms with Crippen LogP contribution in [0.3, 0.4) is 0 Å². The van der Waals surface area contributed by atoms with Crippen molar-refractivity contribution in [3.63, 3.8) is 0 Å². The van der Waals surface area contributed by atoms with Crippen molar-refractivity contribution in [2.75, 3.05) is 13.2 Å². The lowest BCUT2D eigenvalue weighted by molar-refractivity contribution is -0.140. The Morgan fingerprint density at radius 1 is 1.32 bits per heavy atom. The van der Waals surface area contributed by atoms with Gasteiger partial charge in [0.05, 0.1) is 12.2 Å². The number of alkyl halides is 3. The van der Waals surface area contributed by atoms with Crippen LogP contribution in [0.2, 0.25) is 0 Å². The summed E-state index contributed by atoms with van der Waals surface area (Å²) in [4.78, 5) is 0. The van der Waals surface area contributed by atoms with Crippen molar-refractivity contribution in [1.29, 1.82) is 0 Å². The molecule has 1 atom stereocenters. The number of hydrogen-bond acceptors (Lipinski definition) is 2. The van der Waals surface area contributed by atoms with E-state index in [1.165, 1.54) is 6.07 Å². The Bertz CT molecular complexity index is 406. The number of ether oxygens (including phenoxy) is 1. The number of rotatable bonds is 6. The van der Waals surface area contributed by atoms with Gasteiger partial charge in [-0.3, -0.25) is 0 Å². The van der Waals surface area contributed by atoms with Gasteiger partial charge >= 0.3 is 6.18 Å². The Hall–Kier alpha value is -1.14. The smallest absolute Gasteiger partial charge is 0.380 e. The normalized spacial score (nSPS) is 13.6. The predicted octanol–water partition coefficient (Wildman–Crippen LogP) is 3.36. The SMILES string of the molecule is CCOCC(C)NCc1ccc(F)c(C(F)(F)F)c1. The zero-order valence-corrected chi connectivity index (χ0v) is 10.9. The topological polar surface area (TPSA) is 21.3 Å². The molecule has 0 saturated heterocycles. The number of halogens is 4. The van der Waals surface area contributed by atoms with Crippen LogP contribution in [0, 0.1) is 5.82 Å². The van der Waals surface area contributed by atoms with Crippen LogP contribution in [0.15, 0.2) is 18.2 Å². The van der Waals surface area contributed by atoms with E-state index in [0.29, 0.717) is 18.8 Å². The average Bonchev–Trinajstić information content (AvgIpc) is 2.34. The summed E-state index contributed by atoms with van der Waals surface area (Å²) in [6.07, 6.45) is -4.67. The summed E-state index contributed by atoms with van der Waals surface area (Å²) in [7, 11) is 0. The second-order valence-corrected chi connectivity index (χ2v) is 4.25. The summed E-state index contributed by atoms with van der Waals surface area (Å²) in [6.45, 7) is 5.02. The molecule has 0 aliphatic rings. The van der Waals surface area contributed by atoms with E-state index in [9.17, 15) is 17.6 Å². The van der Waals surface area contributed by atoms with E-state index >= 15 is 0 Å². The summed E-state index contributed by atoms with van der Waals surface area (Å²) in [6, 6.07) is 3.02. The van der Waals surface area contributed by atoms with Gasteiger partial charge in [-0.2, -0.15) is 13.2 Å². The van der Waals surface area contributed by atoms with E-state index < -0.39 is 17.6 Å². The molecule has 0 bridgehead atoms. The highest BCUT2D eigenvalue weighted by Crippen LogP contribution is 2.31. The average molecular weight is 279 g/mol. The predicted molar refractivity (Wildman–Crippen MR) is 64.2 cm³/mol. The minimum absolute atomic E-state index is 0.0133. The van der Waals surface area contributed by atoms with Crippen LogP contribution in [0.1, 0.15) is 25.0 Å². The fraction of sp³-hybridized carbons (Fsp3) is 0.538. The molecule has 1 rings (SSSR count). The molecule has 0 aromatic heterocycles. The maximum absolute atomic E-state index is 13.1. The van der Waals surface area contributed by atoms with Crippen molar-refractivity contribution in [3.8, 4) is 0 Å². The quantitative estimate of drug-likeness (QED) is 0.806. The molecule has 1 aromatic carbocycles. The molecule has 6 heteroatoms. The largest absolute Gasteiger partial charge is 0.419 e. The fourth-order valence-corrected chi connectivity index (χ4v) is 1.55. The van der Waals surface area contributed by atoms with Gasteiger partial charge in [-0.05, 0) is 31.5 Å². The third-order valence-electron chi connectivity index (χ3n) is 2.56. The summed E-state index contributed by atoms with van der Waals surface area (Å²) in [5.74, 6) is -1.25. The van der Waals surface area contributed by atoms with E-state index in [4.69, 9.17) is 4.74 Å². The Labute approximate surface area is 109 Å². The van der Waals surface area contributed by atoms with Crippen molar-refractivity contribution < 1.29 is 22.3 Å². The van der Waals surface area contributed by atoms with Gasteiger partial charge in [-0.25, -0.2) is 4.39 Å². The Morgan fingerprint density at radius 2 is 2.00 bits per heavy atom. The summed E-state index contributed by atoms with van der Waals surface area (Å²) in [5, 5.41) is 3.02. The fourth-order valence-electron chi connectivity index (χ4n) is 1.55. The summed E-state index contributed by atoms with van der Waals surface area (Å²) >= 11 is 0. The molecule has 2 nitrogen and oxygen atoms in total. The maximum Gasteiger partial charge on any atom is 0.419 e. The summed E-state index contributed by atoms with van der Waals surface area (Å²) in [5.41, 5.74) is -0.846. The Morgan fingerprint density at radius 3 is 2.58 bits per heavy atom. The molecular weight excluding hydrogens is 262 g/mol. The highest BCUT2D eigenvalue weighted by molar-refractivity contribution is 5.27. The van der Waals surface area contributed by atoms with Crippen LogP contribution in [0.4, 0.5) is 17.6 Å². The van der Waals surface area contributed by atoms with Gasteiger partial charge in [0, 0.05) is 19.2 Å². The number of benzene rings is 1. The first-order valence-corrected chi connectivity index (χ1v) is 6.01. The molecule has 1 N–H and O–H groups in total. The van der Waals surface area contributed by atoms with E-state index in [0.717, 1.165) is 12.1 Å². The van der Waals surface area contributed by atoms with Crippen molar-refractivity contribution in [3.05, 3.63) is 35.1 Å². The van der Waals surface area contributed by atoms with Crippen LogP contribution in [0.25, 0.3) is 0 Å². The van der Waals surface area contributed by atoms with Crippen LogP contribution in [-0.4, -0.2) is 19.3 Å². The van der Waals surface area contributed by atoms with E-state index in [1.54, 1.807) is 0 Å². The molecule has 108 valence electrons. The van der Waals surface area contributed by atoms with Crippen LogP contribution >= 0.6 is 0 Å². The Balaban J connectivity index is 2.65. The van der Waals surface area contributed by atoms with Gasteiger partial charge in [0.2, 0.25) is 0 Å². The molecule has 0 spiro atoms. The first kappa shape index (κ1) is 15.9. The van der Waals surface area contributed by atoms with E-state index in [2.05, 4.69) is 5.32 Å². The van der Waals surface area contributed by atoms with Gasteiger partial charge in [0.15, 0.2) is 0 Å². The molecular formula is C13H17F4NO. The molecule has 1 unspecified atom stereocenters. The van der Waals surface area contributed by atoms with Crippen LogP contribution < -0.4 is 5.32 Å². The first-order valence-electron chi connectivity index (χ1n) is 6.01. The van der Waals surface area contributed by atoms with Gasteiger partial charge < -0.3 is 10.1 Å². The molecule has 0 amide bonds. The van der Waals surface area contributed by atoms with Crippen LogP contribution in [-0.2, 0) is 17.5 Å². The molecule has 0 aliphatic carbocycles. The van der Waals surface area contributed by atoms with Crippen molar-refractivity contribution >= 4 is 0 Å². The molecule has 1 aromatic rings. The molecule has 19 heavy (non-hydrogen) atoms. The Kier molecular flexibility index (Phi) is 5.75. The number of nitrogens with one attached hydrogen (secondary N) is 1. The molecule has 0 saturated carbocycles. The second-order valence-electron chi connectivity index (χ2n) is 4.25. The van der Waals surface area contributed by atoms with Crippen molar-refractivity contribution in [2.24, 2.45) is 0 Å². The minimum Gasteiger partial charge on any atom is -0.380 e. The van der Waals surface area contributed by atoms with E-state index in [-0.39, 0.29) is 12.6 Å². The monoisotopic (exact) mass is 279 g/mol. The number of hydrogen-bond donors (Lipinski definition) is 1. The minimum atomic E-state index is -4.67. The van der Waals surface area contributed by atoms with Gasteiger partial charge in [-0.1, -0.05) is 6.07 Å². The first-order chi connectivity index (χ1) is 8.84. The van der Waals surface area contributed by atoms with Crippen molar-refractivity contribution in [2.45, 2.75) is 32.6 Å². The summed E-state index contributed by atoms with van der Waals surface area (Å²) < 4.78 is 55.8. The van der Waals surface area contributed by atoms with Gasteiger partial charge in [0.1, 0.15) is 5.82 Å². The van der Waals surface area contributed by atoms with E-state index in [1.807, 2.05) is 13.8 Å². The molecule has 0 radical (unpaired) electrons. The zero-order valence-electron chi connectivity index (χ0n) is 10.9. The lowest BCUT2D eigenvalue weighted by Gasteiger charge is -2.15. The second kappa shape index (κ2) is 6.86. The maximum atomic E-state index is 13.1. The third-order valence-corrected chi connectivity index (χ3v) is 2.56. The zero-order chi connectivity index (χ0) is 14.5. The molecule has 0 fully saturated rings. The lowest BCUT2D eigenvalue weighted by atomic mass is 10.1.